The molecule has 2 nitrogen and oxygen atoms in total. The van der Waals surface area contributed by atoms with Crippen molar-refractivity contribution in [1.82, 2.24) is 0 Å². The second-order valence-electron chi connectivity index (χ2n) is 9.13. The van der Waals surface area contributed by atoms with Gasteiger partial charge in [-0.05, 0) is 84.8 Å². The van der Waals surface area contributed by atoms with E-state index in [0.717, 1.165) is 19.5 Å². The van der Waals surface area contributed by atoms with Crippen LogP contribution in [-0.4, -0.2) is 13.1 Å². The van der Waals surface area contributed by atoms with E-state index < -0.39 is 0 Å². The van der Waals surface area contributed by atoms with Crippen LogP contribution in [0.2, 0.25) is 0 Å². The molecule has 4 aromatic carbocycles. The first-order valence-corrected chi connectivity index (χ1v) is 12.4. The van der Waals surface area contributed by atoms with E-state index in [1.54, 1.807) is 0 Å². The largest absolute Gasteiger partial charge is 0.372 e. The third kappa shape index (κ3) is 3.33. The van der Waals surface area contributed by atoms with Crippen LogP contribution in [0.4, 0.5) is 22.7 Å². The molecule has 2 aliphatic carbocycles. The van der Waals surface area contributed by atoms with E-state index in [1.165, 1.54) is 50.2 Å². The first-order valence-electron chi connectivity index (χ1n) is 12.4. The van der Waals surface area contributed by atoms with Crippen molar-refractivity contribution in [1.29, 1.82) is 0 Å². The van der Waals surface area contributed by atoms with Crippen LogP contribution in [0.1, 0.15) is 42.9 Å². The fourth-order valence-corrected chi connectivity index (χ4v) is 5.64. The lowest BCUT2D eigenvalue weighted by Gasteiger charge is -2.31. The molecule has 0 radical (unpaired) electrons. The average molecular weight is 443 g/mol. The predicted molar refractivity (Wildman–Crippen MR) is 148 cm³/mol. The lowest BCUT2D eigenvalue weighted by Crippen LogP contribution is -2.21. The van der Waals surface area contributed by atoms with Crippen LogP contribution in [0.25, 0.3) is 22.9 Å². The summed E-state index contributed by atoms with van der Waals surface area (Å²) in [6.07, 6.45) is 10.4. The van der Waals surface area contributed by atoms with Gasteiger partial charge < -0.3 is 9.80 Å². The van der Waals surface area contributed by atoms with Gasteiger partial charge in [-0.2, -0.15) is 0 Å². The highest BCUT2D eigenvalue weighted by atomic mass is 15.1. The third-order valence-corrected chi connectivity index (χ3v) is 7.32. The summed E-state index contributed by atoms with van der Waals surface area (Å²) < 4.78 is 0. The molecule has 0 saturated carbocycles. The van der Waals surface area contributed by atoms with Crippen molar-refractivity contribution in [3.05, 3.63) is 108 Å². The molecule has 0 heterocycles. The number of nitrogens with zero attached hydrogens (tertiary/aromatic N) is 2. The highest BCUT2D eigenvalue weighted by molar-refractivity contribution is 6.07. The molecule has 0 aliphatic heterocycles. The van der Waals surface area contributed by atoms with Crippen molar-refractivity contribution in [2.75, 3.05) is 22.9 Å². The van der Waals surface area contributed by atoms with E-state index in [2.05, 4.69) is 127 Å². The Kier molecular flexibility index (Phi) is 5.22. The van der Waals surface area contributed by atoms with Crippen LogP contribution in [-0.2, 0) is 0 Å². The summed E-state index contributed by atoms with van der Waals surface area (Å²) in [5.74, 6) is 0.477. The molecular weight excluding hydrogens is 412 g/mol. The fourth-order valence-electron chi connectivity index (χ4n) is 5.64. The maximum atomic E-state index is 2.41. The Morgan fingerprint density at radius 2 is 1.41 bits per heavy atom. The van der Waals surface area contributed by atoms with Crippen LogP contribution >= 0.6 is 0 Å². The molecule has 1 atom stereocenters. The lowest BCUT2D eigenvalue weighted by atomic mass is 9.78. The quantitative estimate of drug-likeness (QED) is 0.295. The van der Waals surface area contributed by atoms with Crippen LogP contribution in [0, 0.1) is 0 Å². The predicted octanol–water partition coefficient (Wildman–Crippen LogP) is 8.68. The summed E-state index contributed by atoms with van der Waals surface area (Å²) in [6, 6.07) is 29.0. The van der Waals surface area contributed by atoms with E-state index in [-0.39, 0.29) is 0 Å². The zero-order chi connectivity index (χ0) is 23.1. The monoisotopic (exact) mass is 442 g/mol. The zero-order valence-corrected chi connectivity index (χ0v) is 19.9. The Balaban J connectivity index is 1.56. The molecule has 168 valence electrons. The molecular formula is C32H30N2. The molecule has 34 heavy (non-hydrogen) atoms. The summed E-state index contributed by atoms with van der Waals surface area (Å²) >= 11 is 0. The van der Waals surface area contributed by atoms with E-state index >= 15 is 0 Å². The minimum atomic E-state index is 0.477. The first-order chi connectivity index (χ1) is 16.8. The van der Waals surface area contributed by atoms with Gasteiger partial charge in [-0.1, -0.05) is 60.7 Å². The van der Waals surface area contributed by atoms with Crippen molar-refractivity contribution in [3.8, 4) is 0 Å². The zero-order valence-electron chi connectivity index (χ0n) is 19.9. The summed E-state index contributed by atoms with van der Waals surface area (Å²) in [4.78, 5) is 4.79. The van der Waals surface area contributed by atoms with Crippen molar-refractivity contribution in [3.63, 3.8) is 0 Å². The highest BCUT2D eigenvalue weighted by Crippen LogP contribution is 2.46. The SMILES string of the molecule is CCN(CC)c1ccc(N(c2ccccc2)c2ccc3c4c5c(ccc24)C=CCC5C=C3)cc1. The molecule has 1 unspecified atom stereocenters. The smallest absolute Gasteiger partial charge is 0.0540 e. The molecule has 0 spiro atoms. The van der Waals surface area contributed by atoms with Crippen molar-refractivity contribution >= 4 is 45.7 Å². The Morgan fingerprint density at radius 3 is 2.18 bits per heavy atom. The standard InChI is InChI=1S/C32H30N2/c1-3-33(4-2)26-17-19-28(20-18-26)34(27-11-6-5-7-12-27)30-22-16-25-14-13-23-9-8-10-24-15-21-29(30)32(25)31(23)24/h5-8,10-23H,3-4,9H2,1-2H3. The molecule has 2 aliphatic rings. The van der Waals surface area contributed by atoms with E-state index in [1.807, 2.05) is 0 Å². The molecule has 4 aromatic rings. The summed E-state index contributed by atoms with van der Waals surface area (Å²) in [6.45, 7) is 6.45. The molecule has 0 aromatic heterocycles. The average Bonchev–Trinajstić information content (AvgIpc) is 2.90. The number of anilines is 4. The van der Waals surface area contributed by atoms with Crippen molar-refractivity contribution in [2.45, 2.75) is 26.2 Å². The molecule has 0 N–H and O–H groups in total. The van der Waals surface area contributed by atoms with Crippen LogP contribution in [0.3, 0.4) is 0 Å². The molecule has 0 saturated heterocycles. The summed E-state index contributed by atoms with van der Waals surface area (Å²) in [5, 5.41) is 2.73. The summed E-state index contributed by atoms with van der Waals surface area (Å²) in [5.41, 5.74) is 9.03. The minimum absolute atomic E-state index is 0.477. The van der Waals surface area contributed by atoms with Gasteiger partial charge in [0.2, 0.25) is 0 Å². The third-order valence-electron chi connectivity index (χ3n) is 7.32. The van der Waals surface area contributed by atoms with Crippen molar-refractivity contribution in [2.24, 2.45) is 0 Å². The lowest BCUT2D eigenvalue weighted by molar-refractivity contribution is 0.861. The van der Waals surface area contributed by atoms with Crippen molar-refractivity contribution < 1.29 is 0 Å². The summed E-state index contributed by atoms with van der Waals surface area (Å²) in [7, 11) is 0. The van der Waals surface area contributed by atoms with Gasteiger partial charge in [-0.25, -0.2) is 0 Å². The van der Waals surface area contributed by atoms with Crippen LogP contribution < -0.4 is 9.80 Å². The van der Waals surface area contributed by atoms with Gasteiger partial charge in [0.15, 0.2) is 0 Å². The second-order valence-corrected chi connectivity index (χ2v) is 9.13. The first kappa shape index (κ1) is 20.8. The second kappa shape index (κ2) is 8.53. The van der Waals surface area contributed by atoms with Gasteiger partial charge in [-0.3, -0.25) is 0 Å². The molecule has 2 heteroatoms. The topological polar surface area (TPSA) is 6.48 Å². The highest BCUT2D eigenvalue weighted by Gasteiger charge is 2.25. The van der Waals surface area contributed by atoms with E-state index in [0.29, 0.717) is 5.92 Å². The van der Waals surface area contributed by atoms with Gasteiger partial charge in [0.05, 0.1) is 5.69 Å². The Hall–Kier alpha value is -3.78. The van der Waals surface area contributed by atoms with Gasteiger partial charge in [0.25, 0.3) is 0 Å². The number of hydrogen-bond acceptors (Lipinski definition) is 2. The Bertz CT molecular complexity index is 1390. The minimum Gasteiger partial charge on any atom is -0.372 e. The van der Waals surface area contributed by atoms with Gasteiger partial charge in [0, 0.05) is 41.5 Å². The van der Waals surface area contributed by atoms with E-state index in [4.69, 9.17) is 0 Å². The number of allylic oxidation sites excluding steroid dienone is 2. The molecule has 0 amide bonds. The van der Waals surface area contributed by atoms with Gasteiger partial charge in [-0.15, -0.1) is 0 Å². The van der Waals surface area contributed by atoms with Crippen LogP contribution in [0.15, 0.2) is 91.0 Å². The maximum absolute atomic E-state index is 2.41. The van der Waals surface area contributed by atoms with Gasteiger partial charge >= 0.3 is 0 Å². The molecule has 0 fully saturated rings. The number of benzene rings is 4. The fraction of sp³-hybridized carbons (Fsp3) is 0.188. The van der Waals surface area contributed by atoms with Crippen LogP contribution in [0.5, 0.6) is 0 Å². The maximum Gasteiger partial charge on any atom is 0.0540 e. The van der Waals surface area contributed by atoms with E-state index in [9.17, 15) is 0 Å². The molecule has 6 rings (SSSR count). The number of rotatable bonds is 6. The number of para-hydroxylation sites is 1. The number of hydrogen-bond donors (Lipinski definition) is 0. The normalized spacial score (nSPS) is 15.5. The molecule has 0 bridgehead atoms. The Labute approximate surface area is 202 Å². The Morgan fingerprint density at radius 1 is 0.706 bits per heavy atom. The van der Waals surface area contributed by atoms with Gasteiger partial charge in [0.1, 0.15) is 0 Å².